The minimum atomic E-state index is 0.173. The van der Waals surface area contributed by atoms with Crippen molar-refractivity contribution >= 4 is 5.82 Å². The van der Waals surface area contributed by atoms with Gasteiger partial charge in [0.2, 0.25) is 0 Å². The predicted molar refractivity (Wildman–Crippen MR) is 98.6 cm³/mol. The van der Waals surface area contributed by atoms with Crippen molar-refractivity contribution in [2.45, 2.75) is 26.5 Å². The molecule has 130 valence electrons. The van der Waals surface area contributed by atoms with E-state index in [1.807, 2.05) is 24.3 Å². The fraction of sp³-hybridized carbons (Fsp3) is 0.400. The summed E-state index contributed by atoms with van der Waals surface area (Å²) in [6.45, 7) is 8.61. The largest absolute Gasteiger partial charge is 0.491 e. The first kappa shape index (κ1) is 17.2. The highest BCUT2D eigenvalue weighted by Crippen LogP contribution is 2.23. The lowest BCUT2D eigenvalue weighted by molar-refractivity contribution is 0.221. The van der Waals surface area contributed by atoms with Crippen molar-refractivity contribution in [1.82, 2.24) is 9.88 Å². The molecule has 0 atom stereocenters. The molecule has 0 radical (unpaired) electrons. The molecule has 1 saturated heterocycles. The maximum atomic E-state index is 9.26. The van der Waals surface area contributed by atoms with Crippen molar-refractivity contribution in [3.8, 4) is 11.8 Å². The molecular formula is C20H24N4O. The van der Waals surface area contributed by atoms with Gasteiger partial charge in [-0.2, -0.15) is 5.26 Å². The zero-order valence-corrected chi connectivity index (χ0v) is 14.9. The van der Waals surface area contributed by atoms with Gasteiger partial charge in [0.25, 0.3) is 0 Å². The van der Waals surface area contributed by atoms with Crippen LogP contribution in [-0.4, -0.2) is 42.2 Å². The minimum absolute atomic E-state index is 0.173. The first-order valence-electron chi connectivity index (χ1n) is 8.74. The Bertz CT molecular complexity index is 745. The lowest BCUT2D eigenvalue weighted by Crippen LogP contribution is -2.46. The van der Waals surface area contributed by atoms with Crippen molar-refractivity contribution in [2.75, 3.05) is 31.1 Å². The Labute approximate surface area is 149 Å². The van der Waals surface area contributed by atoms with Crippen LogP contribution in [0.5, 0.6) is 5.75 Å². The lowest BCUT2D eigenvalue weighted by atomic mass is 10.1. The SMILES string of the molecule is CC(C)Oc1ccccc1CN1CCN(c2ncccc2C#N)CC1. The topological polar surface area (TPSA) is 52.4 Å². The second kappa shape index (κ2) is 8.00. The standard InChI is InChI=1S/C20H24N4O/c1-16(2)25-19-8-4-3-6-18(19)15-23-10-12-24(13-11-23)20-17(14-21)7-5-9-22-20/h3-9,16H,10-13,15H2,1-2H3. The van der Waals surface area contributed by atoms with Gasteiger partial charge in [-0.25, -0.2) is 4.98 Å². The summed E-state index contributed by atoms with van der Waals surface area (Å²) >= 11 is 0. The normalized spacial score (nSPS) is 15.2. The number of ether oxygens (including phenoxy) is 1. The summed E-state index contributed by atoms with van der Waals surface area (Å²) in [6.07, 6.45) is 1.92. The van der Waals surface area contributed by atoms with E-state index >= 15 is 0 Å². The van der Waals surface area contributed by atoms with Crippen LogP contribution in [0, 0.1) is 11.3 Å². The van der Waals surface area contributed by atoms with E-state index < -0.39 is 0 Å². The molecule has 2 aromatic rings. The van der Waals surface area contributed by atoms with Crippen LogP contribution in [0.1, 0.15) is 25.0 Å². The van der Waals surface area contributed by atoms with E-state index in [-0.39, 0.29) is 6.10 Å². The van der Waals surface area contributed by atoms with Gasteiger partial charge in [0, 0.05) is 44.5 Å². The molecule has 3 rings (SSSR count). The Hall–Kier alpha value is -2.58. The van der Waals surface area contributed by atoms with Gasteiger partial charge >= 0.3 is 0 Å². The number of benzene rings is 1. The fourth-order valence-corrected chi connectivity index (χ4v) is 3.10. The second-order valence-electron chi connectivity index (χ2n) is 6.52. The van der Waals surface area contributed by atoms with Gasteiger partial charge in [-0.15, -0.1) is 0 Å². The third-order valence-electron chi connectivity index (χ3n) is 4.31. The van der Waals surface area contributed by atoms with Crippen LogP contribution in [0.15, 0.2) is 42.6 Å². The number of nitrogens with zero attached hydrogens (tertiary/aromatic N) is 4. The minimum Gasteiger partial charge on any atom is -0.491 e. The van der Waals surface area contributed by atoms with Crippen molar-refractivity contribution in [1.29, 1.82) is 5.26 Å². The third-order valence-corrected chi connectivity index (χ3v) is 4.31. The third kappa shape index (κ3) is 4.28. The quantitative estimate of drug-likeness (QED) is 0.840. The molecule has 0 aliphatic carbocycles. The number of rotatable bonds is 5. The Kier molecular flexibility index (Phi) is 5.52. The summed E-state index contributed by atoms with van der Waals surface area (Å²) in [7, 11) is 0. The molecule has 0 amide bonds. The number of hydrogen-bond acceptors (Lipinski definition) is 5. The van der Waals surface area contributed by atoms with Gasteiger partial charge in [0.15, 0.2) is 0 Å². The van der Waals surface area contributed by atoms with Crippen LogP contribution >= 0.6 is 0 Å². The highest BCUT2D eigenvalue weighted by atomic mass is 16.5. The van der Waals surface area contributed by atoms with Gasteiger partial charge in [0.05, 0.1) is 11.7 Å². The number of pyridine rings is 1. The molecule has 1 aromatic heterocycles. The molecule has 2 heterocycles. The maximum absolute atomic E-state index is 9.26. The molecule has 25 heavy (non-hydrogen) atoms. The Morgan fingerprint density at radius 3 is 2.60 bits per heavy atom. The number of nitriles is 1. The Morgan fingerprint density at radius 1 is 1.12 bits per heavy atom. The molecule has 0 saturated carbocycles. The zero-order valence-electron chi connectivity index (χ0n) is 14.9. The van der Waals surface area contributed by atoms with E-state index in [0.29, 0.717) is 5.56 Å². The molecule has 1 aliphatic heterocycles. The molecule has 1 aliphatic rings. The van der Waals surface area contributed by atoms with E-state index in [1.165, 1.54) is 5.56 Å². The Balaban J connectivity index is 1.63. The molecule has 5 nitrogen and oxygen atoms in total. The van der Waals surface area contributed by atoms with E-state index in [4.69, 9.17) is 4.74 Å². The molecule has 1 fully saturated rings. The molecule has 0 unspecified atom stereocenters. The summed E-state index contributed by atoms with van der Waals surface area (Å²) in [5, 5.41) is 9.26. The van der Waals surface area contributed by atoms with Crippen LogP contribution in [0.25, 0.3) is 0 Å². The van der Waals surface area contributed by atoms with Crippen LogP contribution in [-0.2, 0) is 6.54 Å². The molecule has 0 bridgehead atoms. The number of hydrogen-bond donors (Lipinski definition) is 0. The zero-order chi connectivity index (χ0) is 17.6. The number of aromatic nitrogens is 1. The molecular weight excluding hydrogens is 312 g/mol. The van der Waals surface area contributed by atoms with Crippen LogP contribution < -0.4 is 9.64 Å². The van der Waals surface area contributed by atoms with E-state index in [9.17, 15) is 5.26 Å². The first-order valence-corrected chi connectivity index (χ1v) is 8.74. The average Bonchev–Trinajstić information content (AvgIpc) is 2.63. The second-order valence-corrected chi connectivity index (χ2v) is 6.52. The molecule has 0 N–H and O–H groups in total. The van der Waals surface area contributed by atoms with Gasteiger partial charge in [-0.3, -0.25) is 4.90 Å². The van der Waals surface area contributed by atoms with E-state index in [2.05, 4.69) is 46.8 Å². The first-order chi connectivity index (χ1) is 12.2. The van der Waals surface area contributed by atoms with Crippen LogP contribution in [0.4, 0.5) is 5.82 Å². The number of piperazine rings is 1. The highest BCUT2D eigenvalue weighted by Gasteiger charge is 2.21. The highest BCUT2D eigenvalue weighted by molar-refractivity contribution is 5.53. The lowest BCUT2D eigenvalue weighted by Gasteiger charge is -2.36. The van der Waals surface area contributed by atoms with Crippen molar-refractivity contribution in [2.24, 2.45) is 0 Å². The summed E-state index contributed by atoms with van der Waals surface area (Å²) in [5.74, 6) is 1.77. The van der Waals surface area contributed by atoms with E-state index in [0.717, 1.165) is 44.3 Å². The molecule has 1 aromatic carbocycles. The maximum Gasteiger partial charge on any atom is 0.146 e. The summed E-state index contributed by atoms with van der Waals surface area (Å²) in [6, 6.07) is 14.1. The summed E-state index contributed by atoms with van der Waals surface area (Å²) in [5.41, 5.74) is 1.87. The number of anilines is 1. The molecule has 0 spiro atoms. The summed E-state index contributed by atoms with van der Waals surface area (Å²) < 4.78 is 5.92. The van der Waals surface area contributed by atoms with Gasteiger partial charge in [0.1, 0.15) is 17.6 Å². The molecule has 5 heteroatoms. The Morgan fingerprint density at radius 2 is 1.88 bits per heavy atom. The monoisotopic (exact) mass is 336 g/mol. The van der Waals surface area contributed by atoms with Crippen LogP contribution in [0.2, 0.25) is 0 Å². The van der Waals surface area contributed by atoms with Crippen molar-refractivity contribution in [3.63, 3.8) is 0 Å². The van der Waals surface area contributed by atoms with Gasteiger partial charge in [-0.05, 0) is 32.0 Å². The van der Waals surface area contributed by atoms with Crippen molar-refractivity contribution < 1.29 is 4.74 Å². The van der Waals surface area contributed by atoms with Crippen LogP contribution in [0.3, 0.4) is 0 Å². The fourth-order valence-electron chi connectivity index (χ4n) is 3.10. The average molecular weight is 336 g/mol. The predicted octanol–water partition coefficient (Wildman–Crippen LogP) is 3.06. The van der Waals surface area contributed by atoms with Gasteiger partial charge < -0.3 is 9.64 Å². The van der Waals surface area contributed by atoms with E-state index in [1.54, 1.807) is 6.20 Å². The summed E-state index contributed by atoms with van der Waals surface area (Å²) in [4.78, 5) is 9.02. The van der Waals surface area contributed by atoms with Crippen molar-refractivity contribution in [3.05, 3.63) is 53.7 Å². The van der Waals surface area contributed by atoms with Gasteiger partial charge in [-0.1, -0.05) is 18.2 Å². The number of para-hydroxylation sites is 1. The smallest absolute Gasteiger partial charge is 0.146 e.